The van der Waals surface area contributed by atoms with Gasteiger partial charge in [0.1, 0.15) is 11.6 Å². The maximum Gasteiger partial charge on any atom is 0.194 e. The van der Waals surface area contributed by atoms with Crippen molar-refractivity contribution < 1.29 is 4.79 Å². The van der Waals surface area contributed by atoms with E-state index in [0.717, 1.165) is 10.8 Å². The number of fused-ring (bicyclic) bond motifs is 2. The number of carbonyl (C=O) groups is 1. The van der Waals surface area contributed by atoms with Crippen LogP contribution in [-0.2, 0) is 0 Å². The van der Waals surface area contributed by atoms with E-state index in [-0.39, 0.29) is 5.78 Å². The fraction of sp³-hybridized carbons (Fsp3) is 0. The van der Waals surface area contributed by atoms with Gasteiger partial charge in [0, 0.05) is 21.9 Å². The second kappa shape index (κ2) is 5.31. The van der Waals surface area contributed by atoms with Gasteiger partial charge in [-0.15, -0.1) is 0 Å². The number of carbonyl (C=O) groups excluding carboxylic acids is 1. The van der Waals surface area contributed by atoms with Crippen LogP contribution in [-0.4, -0.2) is 15.8 Å². The highest BCUT2D eigenvalue weighted by molar-refractivity contribution is 6.21. The summed E-state index contributed by atoms with van der Waals surface area (Å²) in [5, 5.41) is 1.52. The number of para-hydroxylation sites is 2. The molecule has 0 saturated heterocycles. The highest BCUT2D eigenvalue weighted by Crippen LogP contribution is 2.26. The highest BCUT2D eigenvalue weighted by atomic mass is 16.1. The van der Waals surface area contributed by atoms with Crippen LogP contribution in [0.5, 0.6) is 0 Å². The minimum atomic E-state index is -0.148. The molecule has 2 aromatic heterocycles. The van der Waals surface area contributed by atoms with Gasteiger partial charge < -0.3 is 11.5 Å². The lowest BCUT2D eigenvalue weighted by Crippen LogP contribution is -2.07. The number of nitrogens with zero attached hydrogens (tertiary/aromatic N) is 2. The molecule has 0 amide bonds. The van der Waals surface area contributed by atoms with E-state index < -0.39 is 0 Å². The molecule has 4 rings (SSSR count). The Hall–Kier alpha value is -3.47. The molecule has 2 aromatic carbocycles. The topological polar surface area (TPSA) is 94.9 Å². The number of aromatic nitrogens is 2. The number of ketones is 1. The minimum absolute atomic E-state index is 0.148. The lowest BCUT2D eigenvalue weighted by atomic mass is 9.97. The average Bonchev–Trinajstić information content (AvgIpc) is 2.59. The zero-order chi connectivity index (χ0) is 16.7. The average molecular weight is 314 g/mol. The lowest BCUT2D eigenvalue weighted by Gasteiger charge is -2.10. The Bertz CT molecular complexity index is 1020. The number of hydrogen-bond donors (Lipinski definition) is 2. The van der Waals surface area contributed by atoms with Gasteiger partial charge in [-0.05, 0) is 24.3 Å². The summed E-state index contributed by atoms with van der Waals surface area (Å²) in [5.74, 6) is 0.470. The van der Waals surface area contributed by atoms with E-state index in [1.165, 1.54) is 0 Å². The van der Waals surface area contributed by atoms with E-state index in [4.69, 9.17) is 11.5 Å². The molecule has 0 spiro atoms. The number of pyridine rings is 2. The Balaban J connectivity index is 2.01. The number of nitrogens with two attached hydrogens (primary N) is 2. The molecule has 0 aliphatic heterocycles. The third-order valence-electron chi connectivity index (χ3n) is 3.96. The first-order valence-corrected chi connectivity index (χ1v) is 7.49. The molecule has 0 radical (unpaired) electrons. The predicted octanol–water partition coefficient (Wildman–Crippen LogP) is 3.18. The fourth-order valence-corrected chi connectivity index (χ4v) is 2.91. The molecule has 0 aliphatic carbocycles. The first-order chi connectivity index (χ1) is 11.6. The molecule has 0 unspecified atom stereocenters. The molecule has 5 nitrogen and oxygen atoms in total. The normalized spacial score (nSPS) is 11.0. The molecule has 4 N–H and O–H groups in total. The van der Waals surface area contributed by atoms with Gasteiger partial charge in [0.2, 0.25) is 0 Å². The number of rotatable bonds is 2. The van der Waals surface area contributed by atoms with Crippen molar-refractivity contribution in [2.24, 2.45) is 0 Å². The fourth-order valence-electron chi connectivity index (χ4n) is 2.91. The van der Waals surface area contributed by atoms with Crippen LogP contribution < -0.4 is 11.5 Å². The van der Waals surface area contributed by atoms with Crippen LogP contribution in [0.25, 0.3) is 21.8 Å². The highest BCUT2D eigenvalue weighted by Gasteiger charge is 2.17. The number of hydrogen-bond acceptors (Lipinski definition) is 5. The maximum atomic E-state index is 13.2. The zero-order valence-corrected chi connectivity index (χ0v) is 12.7. The summed E-state index contributed by atoms with van der Waals surface area (Å²) >= 11 is 0. The number of nitrogen functional groups attached to an aromatic ring is 2. The number of benzene rings is 2. The van der Waals surface area contributed by atoms with Gasteiger partial charge in [-0.2, -0.15) is 0 Å². The Morgan fingerprint density at radius 3 is 1.58 bits per heavy atom. The van der Waals surface area contributed by atoms with Crippen molar-refractivity contribution in [2.75, 3.05) is 11.5 Å². The summed E-state index contributed by atoms with van der Waals surface area (Å²) in [4.78, 5) is 21.8. The molecule has 4 aromatic rings. The smallest absolute Gasteiger partial charge is 0.194 e. The van der Waals surface area contributed by atoms with Crippen LogP contribution in [0.2, 0.25) is 0 Å². The van der Waals surface area contributed by atoms with Gasteiger partial charge in [-0.1, -0.05) is 36.4 Å². The molecule has 5 heteroatoms. The summed E-state index contributed by atoms with van der Waals surface area (Å²) < 4.78 is 0. The summed E-state index contributed by atoms with van der Waals surface area (Å²) in [5.41, 5.74) is 14.2. The molecule has 116 valence electrons. The van der Waals surface area contributed by atoms with Crippen LogP contribution >= 0.6 is 0 Å². The maximum absolute atomic E-state index is 13.2. The first kappa shape index (κ1) is 14.1. The Kier molecular flexibility index (Phi) is 3.13. The molecule has 2 heterocycles. The Morgan fingerprint density at radius 1 is 0.708 bits per heavy atom. The van der Waals surface area contributed by atoms with Gasteiger partial charge in [-0.3, -0.25) is 4.79 Å². The van der Waals surface area contributed by atoms with Crippen molar-refractivity contribution in [1.82, 2.24) is 9.97 Å². The largest absolute Gasteiger partial charge is 0.384 e. The van der Waals surface area contributed by atoms with E-state index in [1.807, 2.05) is 48.5 Å². The summed E-state index contributed by atoms with van der Waals surface area (Å²) in [6.45, 7) is 0. The Morgan fingerprint density at radius 2 is 1.12 bits per heavy atom. The van der Waals surface area contributed by atoms with Gasteiger partial charge in [0.25, 0.3) is 0 Å². The van der Waals surface area contributed by atoms with E-state index in [1.54, 1.807) is 12.1 Å². The van der Waals surface area contributed by atoms with Crippen molar-refractivity contribution >= 4 is 39.2 Å². The Labute approximate surface area is 137 Å². The third kappa shape index (κ3) is 2.23. The molecule has 0 atom stereocenters. The standard InChI is InChI=1S/C19H14N4O/c20-17-9-13(11-5-1-3-7-15(11)22-17)19(24)14-10-18(21)23-16-8-4-2-6-12(14)16/h1-10H,(H2,20,22)(H2,21,23). The first-order valence-electron chi connectivity index (χ1n) is 7.49. The molecule has 0 bridgehead atoms. The van der Waals surface area contributed by atoms with E-state index in [0.29, 0.717) is 33.8 Å². The van der Waals surface area contributed by atoms with Crippen molar-refractivity contribution in [3.8, 4) is 0 Å². The van der Waals surface area contributed by atoms with Crippen LogP contribution in [0.4, 0.5) is 11.6 Å². The van der Waals surface area contributed by atoms with Crippen molar-refractivity contribution in [2.45, 2.75) is 0 Å². The van der Waals surface area contributed by atoms with E-state index >= 15 is 0 Å². The third-order valence-corrected chi connectivity index (χ3v) is 3.96. The van der Waals surface area contributed by atoms with Crippen molar-refractivity contribution in [3.63, 3.8) is 0 Å². The van der Waals surface area contributed by atoms with Gasteiger partial charge >= 0.3 is 0 Å². The molecular formula is C19H14N4O. The van der Waals surface area contributed by atoms with Crippen molar-refractivity contribution in [1.29, 1.82) is 0 Å². The monoisotopic (exact) mass is 314 g/mol. The van der Waals surface area contributed by atoms with Gasteiger partial charge in [0.05, 0.1) is 11.0 Å². The summed E-state index contributed by atoms with van der Waals surface area (Å²) in [7, 11) is 0. The quantitative estimate of drug-likeness (QED) is 0.554. The summed E-state index contributed by atoms with van der Waals surface area (Å²) in [6.07, 6.45) is 0. The molecule has 0 aliphatic rings. The van der Waals surface area contributed by atoms with Gasteiger partial charge in [0.15, 0.2) is 5.78 Å². The zero-order valence-electron chi connectivity index (χ0n) is 12.7. The summed E-state index contributed by atoms with van der Waals surface area (Å²) in [6, 6.07) is 18.1. The minimum Gasteiger partial charge on any atom is -0.384 e. The van der Waals surface area contributed by atoms with E-state index in [9.17, 15) is 4.79 Å². The molecule has 0 fully saturated rings. The van der Waals surface area contributed by atoms with Crippen LogP contribution in [0.3, 0.4) is 0 Å². The van der Waals surface area contributed by atoms with Crippen LogP contribution in [0.1, 0.15) is 15.9 Å². The lowest BCUT2D eigenvalue weighted by molar-refractivity contribution is 0.104. The van der Waals surface area contributed by atoms with Crippen LogP contribution in [0, 0.1) is 0 Å². The van der Waals surface area contributed by atoms with E-state index in [2.05, 4.69) is 9.97 Å². The second-order valence-corrected chi connectivity index (χ2v) is 5.55. The molecule has 0 saturated carbocycles. The SMILES string of the molecule is Nc1cc(C(=O)c2cc(N)nc3ccccc23)c2ccccc2n1. The predicted molar refractivity (Wildman–Crippen MR) is 95.7 cm³/mol. The van der Waals surface area contributed by atoms with Crippen LogP contribution in [0.15, 0.2) is 60.7 Å². The number of anilines is 2. The second-order valence-electron chi connectivity index (χ2n) is 5.55. The van der Waals surface area contributed by atoms with Crippen molar-refractivity contribution in [3.05, 3.63) is 71.8 Å². The van der Waals surface area contributed by atoms with Gasteiger partial charge in [-0.25, -0.2) is 9.97 Å². The molecule has 24 heavy (non-hydrogen) atoms. The molecular weight excluding hydrogens is 300 g/mol.